The fourth-order valence-corrected chi connectivity index (χ4v) is 4.36. The van der Waals surface area contributed by atoms with Gasteiger partial charge in [-0.25, -0.2) is 4.98 Å². The normalized spacial score (nSPS) is 20.0. The molecule has 2 aliphatic heterocycles. The van der Waals surface area contributed by atoms with Gasteiger partial charge in [0.2, 0.25) is 0 Å². The van der Waals surface area contributed by atoms with E-state index in [1.165, 1.54) is 30.7 Å². The van der Waals surface area contributed by atoms with Crippen LogP contribution in [0.15, 0.2) is 42.5 Å². The van der Waals surface area contributed by atoms with E-state index in [2.05, 4.69) is 33.7 Å². The van der Waals surface area contributed by atoms with Crippen molar-refractivity contribution in [1.82, 2.24) is 14.5 Å². The summed E-state index contributed by atoms with van der Waals surface area (Å²) in [6.07, 6.45) is 3.70. The monoisotopic (exact) mass is 328 g/mol. The minimum Gasteiger partial charge on any atom is -0.327 e. The van der Waals surface area contributed by atoms with Gasteiger partial charge in [-0.15, -0.1) is 0 Å². The van der Waals surface area contributed by atoms with E-state index < -0.39 is 0 Å². The van der Waals surface area contributed by atoms with E-state index in [1.54, 1.807) is 0 Å². The Labute approximate surface area is 147 Å². The quantitative estimate of drug-likeness (QED) is 0.686. The Morgan fingerprint density at radius 2 is 1.84 bits per heavy atom. The average molecular weight is 328 g/mol. The SMILES string of the molecule is N#Cc1ccc(-c2ccc3c(c2)nc2n3CCN3CCC[C@H]3C2)cc1. The standard InChI is InChI=1S/C21H20N4/c22-14-15-3-5-16(6-4-15)17-7-8-20-19(12-17)23-21-13-18-2-1-9-24(18)10-11-25(20)21/h3-8,12,18H,1-2,9-11,13H2/t18-/m0/s1. The van der Waals surface area contributed by atoms with Gasteiger partial charge in [0.25, 0.3) is 0 Å². The van der Waals surface area contributed by atoms with Crippen molar-refractivity contribution in [3.05, 3.63) is 53.9 Å². The number of nitrogens with zero attached hydrogens (tertiary/aromatic N) is 4. The smallest absolute Gasteiger partial charge is 0.111 e. The first-order valence-electron chi connectivity index (χ1n) is 9.05. The van der Waals surface area contributed by atoms with Gasteiger partial charge in [-0.05, 0) is 54.8 Å². The highest BCUT2D eigenvalue weighted by atomic mass is 15.2. The molecular formula is C21H20N4. The van der Waals surface area contributed by atoms with Gasteiger partial charge in [0.15, 0.2) is 0 Å². The summed E-state index contributed by atoms with van der Waals surface area (Å²) >= 11 is 0. The van der Waals surface area contributed by atoms with E-state index in [4.69, 9.17) is 10.2 Å². The molecule has 3 aromatic rings. The summed E-state index contributed by atoms with van der Waals surface area (Å²) in [7, 11) is 0. The van der Waals surface area contributed by atoms with E-state index >= 15 is 0 Å². The lowest BCUT2D eigenvalue weighted by Crippen LogP contribution is -2.30. The highest BCUT2D eigenvalue weighted by Crippen LogP contribution is 2.29. The van der Waals surface area contributed by atoms with Crippen molar-refractivity contribution >= 4 is 11.0 Å². The summed E-state index contributed by atoms with van der Waals surface area (Å²) in [5.74, 6) is 1.24. The van der Waals surface area contributed by atoms with E-state index in [0.717, 1.165) is 36.2 Å². The Hall–Kier alpha value is -2.64. The molecule has 1 aromatic heterocycles. The molecule has 2 aromatic carbocycles. The second-order valence-corrected chi connectivity index (χ2v) is 7.11. The zero-order valence-corrected chi connectivity index (χ0v) is 14.2. The van der Waals surface area contributed by atoms with E-state index in [-0.39, 0.29) is 0 Å². The summed E-state index contributed by atoms with van der Waals surface area (Å²) < 4.78 is 2.41. The molecule has 0 saturated carbocycles. The van der Waals surface area contributed by atoms with Crippen LogP contribution in [0.1, 0.15) is 24.2 Å². The third kappa shape index (κ3) is 2.43. The topological polar surface area (TPSA) is 44.9 Å². The van der Waals surface area contributed by atoms with Crippen LogP contribution in [0, 0.1) is 11.3 Å². The molecule has 4 nitrogen and oxygen atoms in total. The lowest BCUT2D eigenvalue weighted by molar-refractivity contribution is 0.258. The summed E-state index contributed by atoms with van der Waals surface area (Å²) in [6.45, 7) is 3.43. The Morgan fingerprint density at radius 3 is 2.68 bits per heavy atom. The van der Waals surface area contributed by atoms with Gasteiger partial charge < -0.3 is 4.57 Å². The highest BCUT2D eigenvalue weighted by Gasteiger charge is 2.29. The van der Waals surface area contributed by atoms with Crippen LogP contribution in [-0.4, -0.2) is 33.6 Å². The fourth-order valence-electron chi connectivity index (χ4n) is 4.36. The molecule has 0 radical (unpaired) electrons. The van der Waals surface area contributed by atoms with Gasteiger partial charge in [-0.3, -0.25) is 4.90 Å². The number of hydrogen-bond donors (Lipinski definition) is 0. The number of aromatic nitrogens is 2. The maximum Gasteiger partial charge on any atom is 0.111 e. The van der Waals surface area contributed by atoms with Crippen molar-refractivity contribution in [2.75, 3.05) is 13.1 Å². The van der Waals surface area contributed by atoms with Crippen LogP contribution >= 0.6 is 0 Å². The van der Waals surface area contributed by atoms with Crippen molar-refractivity contribution in [3.63, 3.8) is 0 Å². The first-order chi connectivity index (χ1) is 12.3. The predicted molar refractivity (Wildman–Crippen MR) is 98.2 cm³/mol. The highest BCUT2D eigenvalue weighted by molar-refractivity contribution is 5.82. The van der Waals surface area contributed by atoms with Gasteiger partial charge in [-0.2, -0.15) is 5.26 Å². The first kappa shape index (κ1) is 14.7. The molecule has 5 rings (SSSR count). The van der Waals surface area contributed by atoms with Crippen LogP contribution in [0.25, 0.3) is 22.2 Å². The third-order valence-electron chi connectivity index (χ3n) is 5.70. The molecule has 2 aliphatic rings. The zero-order chi connectivity index (χ0) is 16.8. The van der Waals surface area contributed by atoms with E-state index in [1.807, 2.05) is 24.3 Å². The Balaban J connectivity index is 1.54. The van der Waals surface area contributed by atoms with Crippen LogP contribution in [0.2, 0.25) is 0 Å². The van der Waals surface area contributed by atoms with Gasteiger partial charge in [0.05, 0.1) is 22.7 Å². The van der Waals surface area contributed by atoms with E-state index in [9.17, 15) is 0 Å². The summed E-state index contributed by atoms with van der Waals surface area (Å²) in [4.78, 5) is 7.61. The van der Waals surface area contributed by atoms with Crippen LogP contribution in [0.4, 0.5) is 0 Å². The molecule has 3 heterocycles. The molecule has 4 heteroatoms. The summed E-state index contributed by atoms with van der Waals surface area (Å²) in [5.41, 5.74) is 5.32. The third-order valence-corrected chi connectivity index (χ3v) is 5.70. The summed E-state index contributed by atoms with van der Waals surface area (Å²) in [5, 5.41) is 8.96. The molecule has 1 saturated heterocycles. The van der Waals surface area contributed by atoms with Gasteiger partial charge in [-0.1, -0.05) is 18.2 Å². The van der Waals surface area contributed by atoms with Gasteiger partial charge in [0, 0.05) is 25.6 Å². The van der Waals surface area contributed by atoms with Crippen molar-refractivity contribution in [1.29, 1.82) is 5.26 Å². The molecule has 25 heavy (non-hydrogen) atoms. The molecule has 0 unspecified atom stereocenters. The number of rotatable bonds is 1. The predicted octanol–water partition coefficient (Wildman–Crippen LogP) is 3.60. The Morgan fingerprint density at radius 1 is 1.00 bits per heavy atom. The molecule has 0 N–H and O–H groups in total. The van der Waals surface area contributed by atoms with Crippen molar-refractivity contribution < 1.29 is 0 Å². The minimum atomic E-state index is 0.677. The van der Waals surface area contributed by atoms with Gasteiger partial charge in [0.1, 0.15) is 5.82 Å². The minimum absolute atomic E-state index is 0.677. The van der Waals surface area contributed by atoms with Crippen LogP contribution in [0.5, 0.6) is 0 Å². The maximum atomic E-state index is 8.96. The number of imidazole rings is 1. The number of nitriles is 1. The lowest BCUT2D eigenvalue weighted by atomic mass is 10.0. The van der Waals surface area contributed by atoms with Crippen LogP contribution in [0.3, 0.4) is 0 Å². The molecule has 1 atom stereocenters. The second-order valence-electron chi connectivity index (χ2n) is 7.11. The van der Waals surface area contributed by atoms with Crippen molar-refractivity contribution in [2.24, 2.45) is 0 Å². The Kier molecular flexibility index (Phi) is 3.36. The van der Waals surface area contributed by atoms with Crippen LogP contribution in [-0.2, 0) is 13.0 Å². The van der Waals surface area contributed by atoms with Crippen molar-refractivity contribution in [3.8, 4) is 17.2 Å². The number of hydrogen-bond acceptors (Lipinski definition) is 3. The second kappa shape index (κ2) is 5.72. The average Bonchev–Trinajstić information content (AvgIpc) is 3.20. The molecule has 0 aliphatic carbocycles. The molecule has 0 spiro atoms. The molecular weight excluding hydrogens is 308 g/mol. The molecule has 0 bridgehead atoms. The van der Waals surface area contributed by atoms with E-state index in [0.29, 0.717) is 11.6 Å². The number of fused-ring (bicyclic) bond motifs is 4. The fraction of sp³-hybridized carbons (Fsp3) is 0.333. The first-order valence-corrected chi connectivity index (χ1v) is 9.05. The zero-order valence-electron chi connectivity index (χ0n) is 14.2. The molecule has 1 fully saturated rings. The Bertz CT molecular complexity index is 978. The van der Waals surface area contributed by atoms with Gasteiger partial charge >= 0.3 is 0 Å². The molecule has 124 valence electrons. The lowest BCUT2D eigenvalue weighted by Gasteiger charge is -2.20. The molecule has 0 amide bonds. The largest absolute Gasteiger partial charge is 0.327 e. The summed E-state index contributed by atoms with van der Waals surface area (Å²) in [6, 6.07) is 17.2. The number of benzene rings is 2. The van der Waals surface area contributed by atoms with Crippen molar-refractivity contribution in [2.45, 2.75) is 31.8 Å². The maximum absolute atomic E-state index is 8.96. The van der Waals surface area contributed by atoms with Crippen LogP contribution < -0.4 is 0 Å².